The number of carbonyl (C=O) groups is 1. The number of carbonyl (C=O) groups excluding carboxylic acids is 1. The fourth-order valence-corrected chi connectivity index (χ4v) is 4.07. The molecule has 1 saturated heterocycles. The number of rotatable bonds is 7. The highest BCUT2D eigenvalue weighted by Gasteiger charge is 2.25. The van der Waals surface area contributed by atoms with Gasteiger partial charge in [0.15, 0.2) is 0 Å². The van der Waals surface area contributed by atoms with Gasteiger partial charge < -0.3 is 10.6 Å². The van der Waals surface area contributed by atoms with Gasteiger partial charge in [0.2, 0.25) is 5.91 Å². The zero-order chi connectivity index (χ0) is 23.2. The van der Waals surface area contributed by atoms with Gasteiger partial charge in [-0.3, -0.25) is 14.4 Å². The molecule has 0 aliphatic carbocycles. The second-order valence-electron chi connectivity index (χ2n) is 8.49. The van der Waals surface area contributed by atoms with E-state index in [4.69, 9.17) is 0 Å². The Morgan fingerprint density at radius 1 is 1.18 bits per heavy atom. The zero-order valence-corrected chi connectivity index (χ0v) is 19.5. The number of hydrogen-bond donors (Lipinski definition) is 2. The van der Waals surface area contributed by atoms with Crippen LogP contribution in [0, 0.1) is 12.8 Å². The Bertz CT molecular complexity index is 1110. The topological polar surface area (TPSA) is 88.0 Å². The highest BCUT2D eigenvalue weighted by atomic mass is 16.2. The number of nitrogens with zero attached hydrogens (tertiary/aromatic N) is 5. The molecule has 3 heterocycles. The lowest BCUT2D eigenvalue weighted by Gasteiger charge is -2.30. The van der Waals surface area contributed by atoms with Crippen molar-refractivity contribution in [2.24, 2.45) is 13.0 Å². The summed E-state index contributed by atoms with van der Waals surface area (Å²) in [5, 5.41) is 10.5. The van der Waals surface area contributed by atoms with Gasteiger partial charge in [0.05, 0.1) is 12.7 Å². The third-order valence-electron chi connectivity index (χ3n) is 6.09. The molecule has 0 unspecified atom stereocenters. The van der Waals surface area contributed by atoms with Crippen molar-refractivity contribution in [2.75, 3.05) is 20.1 Å². The van der Waals surface area contributed by atoms with Crippen molar-refractivity contribution in [3.05, 3.63) is 71.8 Å². The summed E-state index contributed by atoms with van der Waals surface area (Å²) in [7, 11) is 3.74. The Balaban J connectivity index is 1.38. The van der Waals surface area contributed by atoms with E-state index in [2.05, 4.69) is 55.7 Å². The summed E-state index contributed by atoms with van der Waals surface area (Å²) in [6, 6.07) is 8.13. The number of amides is 1. The van der Waals surface area contributed by atoms with E-state index in [1.165, 1.54) is 0 Å². The van der Waals surface area contributed by atoms with Crippen LogP contribution in [-0.2, 0) is 18.4 Å². The minimum absolute atomic E-state index is 0.00230. The molecule has 2 aromatic heterocycles. The van der Waals surface area contributed by atoms with Crippen molar-refractivity contribution in [3.63, 3.8) is 0 Å². The molecule has 4 rings (SSSR count). The van der Waals surface area contributed by atoms with Crippen LogP contribution in [0.4, 0.5) is 0 Å². The predicted octanol–water partition coefficient (Wildman–Crippen LogP) is 2.73. The number of likely N-dealkylation sites (tertiary alicyclic amines) is 1. The van der Waals surface area contributed by atoms with Crippen molar-refractivity contribution in [3.8, 4) is 11.1 Å². The van der Waals surface area contributed by atoms with E-state index in [1.807, 2.05) is 38.6 Å². The second-order valence-corrected chi connectivity index (χ2v) is 8.49. The van der Waals surface area contributed by atoms with Crippen molar-refractivity contribution in [2.45, 2.75) is 26.3 Å². The molecule has 0 bridgehead atoms. The largest absolute Gasteiger partial charge is 0.375 e. The molecular weight excluding hydrogens is 414 g/mol. The first-order chi connectivity index (χ1) is 16.0. The van der Waals surface area contributed by atoms with Gasteiger partial charge in [-0.25, -0.2) is 9.97 Å². The SMILES string of the molecule is CN/C(=C\c1cc(-c2cnn(C)c2)ccc1C)NC(=O)C1CCN(Cc2ncccn2)CC1. The number of hydrogen-bond acceptors (Lipinski definition) is 6. The standard InChI is InChI=1S/C25H31N7O/c1-18-5-6-20(22-15-29-31(3)16-22)13-21(18)14-23(26-2)30-25(33)19-7-11-32(12-8-19)17-24-27-9-4-10-28-24/h4-6,9-10,13-16,19,26H,7-8,11-12,17H2,1-3H3,(H,30,33)/b23-14+. The fourth-order valence-electron chi connectivity index (χ4n) is 4.07. The minimum atomic E-state index is -0.00230. The van der Waals surface area contributed by atoms with Crippen LogP contribution in [0.15, 0.2) is 54.9 Å². The Labute approximate surface area is 194 Å². The van der Waals surface area contributed by atoms with Crippen molar-refractivity contribution in [1.29, 1.82) is 0 Å². The average Bonchev–Trinajstić information content (AvgIpc) is 3.27. The smallest absolute Gasteiger partial charge is 0.228 e. The summed E-state index contributed by atoms with van der Waals surface area (Å²) in [5.74, 6) is 1.58. The van der Waals surface area contributed by atoms with Crippen LogP contribution in [0.25, 0.3) is 17.2 Å². The Kier molecular flexibility index (Phi) is 7.14. The normalized spacial score (nSPS) is 15.4. The monoisotopic (exact) mass is 445 g/mol. The third-order valence-corrected chi connectivity index (χ3v) is 6.09. The first-order valence-corrected chi connectivity index (χ1v) is 11.3. The van der Waals surface area contributed by atoms with E-state index >= 15 is 0 Å². The van der Waals surface area contributed by atoms with E-state index in [-0.39, 0.29) is 11.8 Å². The molecule has 1 aromatic carbocycles. The highest BCUT2D eigenvalue weighted by Crippen LogP contribution is 2.23. The predicted molar refractivity (Wildman–Crippen MR) is 129 cm³/mol. The van der Waals surface area contributed by atoms with Gasteiger partial charge in [0.25, 0.3) is 0 Å². The van der Waals surface area contributed by atoms with Crippen LogP contribution in [0.3, 0.4) is 0 Å². The van der Waals surface area contributed by atoms with E-state index < -0.39 is 0 Å². The van der Waals surface area contributed by atoms with Crippen LogP contribution in [0.2, 0.25) is 0 Å². The van der Waals surface area contributed by atoms with Gasteiger partial charge in [-0.15, -0.1) is 0 Å². The molecule has 0 atom stereocenters. The third kappa shape index (κ3) is 5.84. The van der Waals surface area contributed by atoms with E-state index in [1.54, 1.807) is 17.1 Å². The van der Waals surface area contributed by atoms with Gasteiger partial charge in [-0.1, -0.05) is 12.1 Å². The zero-order valence-electron chi connectivity index (χ0n) is 19.5. The molecule has 8 nitrogen and oxygen atoms in total. The molecule has 33 heavy (non-hydrogen) atoms. The highest BCUT2D eigenvalue weighted by molar-refractivity contribution is 5.81. The maximum Gasteiger partial charge on any atom is 0.228 e. The van der Waals surface area contributed by atoms with Crippen LogP contribution in [-0.4, -0.2) is 50.7 Å². The molecule has 2 N–H and O–H groups in total. The average molecular weight is 446 g/mol. The fraction of sp³-hybridized carbons (Fsp3) is 0.360. The van der Waals surface area contributed by atoms with Crippen LogP contribution in [0.1, 0.15) is 29.8 Å². The van der Waals surface area contributed by atoms with Gasteiger partial charge in [0, 0.05) is 44.2 Å². The molecule has 0 spiro atoms. The van der Waals surface area contributed by atoms with Crippen LogP contribution in [0.5, 0.6) is 0 Å². The van der Waals surface area contributed by atoms with Gasteiger partial charge in [0.1, 0.15) is 11.6 Å². The Morgan fingerprint density at radius 3 is 2.61 bits per heavy atom. The van der Waals surface area contributed by atoms with E-state index in [0.29, 0.717) is 5.82 Å². The second kappa shape index (κ2) is 10.4. The van der Waals surface area contributed by atoms with Gasteiger partial charge >= 0.3 is 0 Å². The summed E-state index contributed by atoms with van der Waals surface area (Å²) in [6.07, 6.45) is 11.0. The molecule has 0 radical (unpaired) electrons. The molecule has 1 amide bonds. The molecule has 1 aliphatic rings. The summed E-state index contributed by atoms with van der Waals surface area (Å²) >= 11 is 0. The molecular formula is C25H31N7O. The first-order valence-electron chi connectivity index (χ1n) is 11.3. The number of benzene rings is 1. The van der Waals surface area contributed by atoms with Crippen molar-refractivity contribution >= 4 is 12.0 Å². The molecule has 3 aromatic rings. The van der Waals surface area contributed by atoms with E-state index in [0.717, 1.165) is 60.6 Å². The Hall–Kier alpha value is -3.52. The van der Waals surface area contributed by atoms with E-state index in [9.17, 15) is 4.79 Å². The number of aromatic nitrogens is 4. The van der Waals surface area contributed by atoms with Gasteiger partial charge in [-0.2, -0.15) is 5.10 Å². The minimum Gasteiger partial charge on any atom is -0.375 e. The molecule has 172 valence electrons. The number of piperidine rings is 1. The lowest BCUT2D eigenvalue weighted by Crippen LogP contribution is -2.41. The summed E-state index contributed by atoms with van der Waals surface area (Å²) in [6.45, 7) is 4.52. The quantitative estimate of drug-likeness (QED) is 0.581. The summed E-state index contributed by atoms with van der Waals surface area (Å²) < 4.78 is 1.79. The first kappa shape index (κ1) is 22.7. The van der Waals surface area contributed by atoms with Gasteiger partial charge in [-0.05, 0) is 67.8 Å². The molecule has 1 aliphatic heterocycles. The molecule has 0 saturated carbocycles. The number of nitrogens with one attached hydrogen (secondary N) is 2. The van der Waals surface area contributed by atoms with Crippen molar-refractivity contribution in [1.82, 2.24) is 35.3 Å². The lowest BCUT2D eigenvalue weighted by atomic mass is 9.96. The maximum absolute atomic E-state index is 13.0. The molecule has 8 heteroatoms. The summed E-state index contributed by atoms with van der Waals surface area (Å²) in [5.41, 5.74) is 4.35. The summed E-state index contributed by atoms with van der Waals surface area (Å²) in [4.78, 5) is 23.9. The number of aryl methyl sites for hydroxylation is 2. The Morgan fingerprint density at radius 2 is 1.94 bits per heavy atom. The lowest BCUT2D eigenvalue weighted by molar-refractivity contribution is -0.125. The van der Waals surface area contributed by atoms with Crippen molar-refractivity contribution < 1.29 is 4.79 Å². The molecule has 1 fully saturated rings. The van der Waals surface area contributed by atoms with Crippen LogP contribution < -0.4 is 10.6 Å². The van der Waals surface area contributed by atoms with Crippen LogP contribution >= 0.6 is 0 Å². The maximum atomic E-state index is 13.0.